The first-order chi connectivity index (χ1) is 6.00. The Hall–Kier alpha value is -1.25. The van der Waals surface area contributed by atoms with Gasteiger partial charge in [-0.05, 0) is 13.0 Å². The highest BCUT2D eigenvalue weighted by atomic mass is 16.1. The molecule has 72 valence electrons. The van der Waals surface area contributed by atoms with Crippen LogP contribution in [0.5, 0.6) is 0 Å². The summed E-state index contributed by atoms with van der Waals surface area (Å²) < 4.78 is 1.98. The monoisotopic (exact) mass is 180 g/mol. The van der Waals surface area contributed by atoms with E-state index >= 15 is 0 Å². The van der Waals surface area contributed by atoms with Crippen LogP contribution in [0.4, 0.5) is 5.69 Å². The Morgan fingerprint density at radius 2 is 2.15 bits per heavy atom. The summed E-state index contributed by atoms with van der Waals surface area (Å²) >= 11 is 0. The van der Waals surface area contributed by atoms with Gasteiger partial charge in [0.15, 0.2) is 0 Å². The lowest BCUT2D eigenvalue weighted by Gasteiger charge is -2.04. The smallest absolute Gasteiger partial charge is 0.226 e. The first kappa shape index (κ1) is 9.84. The lowest BCUT2D eigenvalue weighted by atomic mass is 10.2. The van der Waals surface area contributed by atoms with E-state index in [0.717, 1.165) is 11.4 Å². The molecule has 0 aliphatic heterocycles. The third kappa shape index (κ3) is 2.34. The summed E-state index contributed by atoms with van der Waals surface area (Å²) in [6.45, 7) is 5.77. The maximum absolute atomic E-state index is 11.3. The summed E-state index contributed by atoms with van der Waals surface area (Å²) in [6.07, 6.45) is 1.91. The summed E-state index contributed by atoms with van der Waals surface area (Å²) in [5, 5.41) is 2.84. The minimum atomic E-state index is 0.0283. The average molecular weight is 180 g/mol. The SMILES string of the molecule is Cc1cc(NC(=O)C(C)C)cn1C. The number of nitrogens with zero attached hydrogens (tertiary/aromatic N) is 1. The quantitative estimate of drug-likeness (QED) is 0.741. The Balaban J connectivity index is 2.70. The molecule has 0 aromatic carbocycles. The summed E-state index contributed by atoms with van der Waals surface area (Å²) in [5.74, 6) is 0.0890. The van der Waals surface area contributed by atoms with Gasteiger partial charge in [-0.15, -0.1) is 0 Å². The van der Waals surface area contributed by atoms with Crippen molar-refractivity contribution in [3.05, 3.63) is 18.0 Å². The van der Waals surface area contributed by atoms with Crippen molar-refractivity contribution in [2.75, 3.05) is 5.32 Å². The van der Waals surface area contributed by atoms with Crippen LogP contribution in [-0.4, -0.2) is 10.5 Å². The molecule has 0 aliphatic rings. The number of aromatic nitrogens is 1. The van der Waals surface area contributed by atoms with E-state index in [0.29, 0.717) is 0 Å². The van der Waals surface area contributed by atoms with Crippen molar-refractivity contribution < 1.29 is 4.79 Å². The van der Waals surface area contributed by atoms with Crippen LogP contribution in [0.15, 0.2) is 12.3 Å². The lowest BCUT2D eigenvalue weighted by molar-refractivity contribution is -0.118. The third-order valence-corrected chi connectivity index (χ3v) is 2.05. The van der Waals surface area contributed by atoms with Crippen LogP contribution in [0.2, 0.25) is 0 Å². The van der Waals surface area contributed by atoms with E-state index in [2.05, 4.69) is 5.32 Å². The van der Waals surface area contributed by atoms with Crippen LogP contribution in [0.3, 0.4) is 0 Å². The molecular formula is C10H16N2O. The van der Waals surface area contributed by atoms with Crippen molar-refractivity contribution in [1.82, 2.24) is 4.57 Å². The molecular weight excluding hydrogens is 164 g/mol. The molecule has 1 heterocycles. The van der Waals surface area contributed by atoms with Crippen LogP contribution < -0.4 is 5.32 Å². The maximum Gasteiger partial charge on any atom is 0.226 e. The fourth-order valence-electron chi connectivity index (χ4n) is 1.03. The second kappa shape index (κ2) is 3.64. The molecule has 0 unspecified atom stereocenters. The van der Waals surface area contributed by atoms with Gasteiger partial charge in [-0.3, -0.25) is 4.79 Å². The van der Waals surface area contributed by atoms with Crippen molar-refractivity contribution >= 4 is 11.6 Å². The molecule has 1 aromatic rings. The molecule has 0 saturated carbocycles. The normalized spacial score (nSPS) is 10.5. The number of hydrogen-bond donors (Lipinski definition) is 1. The lowest BCUT2D eigenvalue weighted by Crippen LogP contribution is -2.17. The van der Waals surface area contributed by atoms with Gasteiger partial charge in [-0.25, -0.2) is 0 Å². The van der Waals surface area contributed by atoms with E-state index in [1.165, 1.54) is 0 Å². The zero-order valence-corrected chi connectivity index (χ0v) is 8.59. The van der Waals surface area contributed by atoms with Crippen LogP contribution in [0, 0.1) is 12.8 Å². The minimum Gasteiger partial charge on any atom is -0.353 e. The fourth-order valence-corrected chi connectivity index (χ4v) is 1.03. The summed E-state index contributed by atoms with van der Waals surface area (Å²) in [7, 11) is 1.96. The molecule has 0 fully saturated rings. The van der Waals surface area contributed by atoms with Crippen LogP contribution in [0.1, 0.15) is 19.5 Å². The molecule has 0 bridgehead atoms. The van der Waals surface area contributed by atoms with E-state index in [1.807, 2.05) is 44.6 Å². The highest BCUT2D eigenvalue weighted by Crippen LogP contribution is 2.12. The van der Waals surface area contributed by atoms with E-state index < -0.39 is 0 Å². The van der Waals surface area contributed by atoms with Gasteiger partial charge in [0.05, 0.1) is 5.69 Å². The zero-order chi connectivity index (χ0) is 10.0. The topological polar surface area (TPSA) is 34.0 Å². The Labute approximate surface area is 78.8 Å². The summed E-state index contributed by atoms with van der Waals surface area (Å²) in [6, 6.07) is 1.96. The van der Waals surface area contributed by atoms with Gasteiger partial charge in [-0.1, -0.05) is 13.8 Å². The molecule has 0 atom stereocenters. The van der Waals surface area contributed by atoms with E-state index in [4.69, 9.17) is 0 Å². The molecule has 13 heavy (non-hydrogen) atoms. The van der Waals surface area contributed by atoms with Gasteiger partial charge >= 0.3 is 0 Å². The Morgan fingerprint density at radius 3 is 2.54 bits per heavy atom. The summed E-state index contributed by atoms with van der Waals surface area (Å²) in [5.41, 5.74) is 2.01. The van der Waals surface area contributed by atoms with Crippen molar-refractivity contribution in [3.63, 3.8) is 0 Å². The predicted molar refractivity (Wildman–Crippen MR) is 53.6 cm³/mol. The number of carbonyl (C=O) groups is 1. The number of carbonyl (C=O) groups excluding carboxylic acids is 1. The van der Waals surface area contributed by atoms with Gasteiger partial charge in [-0.2, -0.15) is 0 Å². The van der Waals surface area contributed by atoms with Gasteiger partial charge < -0.3 is 9.88 Å². The van der Waals surface area contributed by atoms with Crippen LogP contribution >= 0.6 is 0 Å². The first-order valence-corrected chi connectivity index (χ1v) is 4.44. The summed E-state index contributed by atoms with van der Waals surface area (Å²) in [4.78, 5) is 11.3. The molecule has 1 rings (SSSR count). The average Bonchev–Trinajstić information content (AvgIpc) is 2.31. The molecule has 3 heteroatoms. The van der Waals surface area contributed by atoms with Crippen molar-refractivity contribution in [2.45, 2.75) is 20.8 Å². The molecule has 0 spiro atoms. The number of aryl methyl sites for hydroxylation is 2. The predicted octanol–water partition coefficient (Wildman–Crippen LogP) is 1.93. The minimum absolute atomic E-state index is 0.0283. The fraction of sp³-hybridized carbons (Fsp3) is 0.500. The molecule has 1 amide bonds. The first-order valence-electron chi connectivity index (χ1n) is 4.44. The van der Waals surface area contributed by atoms with E-state index in [1.54, 1.807) is 0 Å². The van der Waals surface area contributed by atoms with Gasteiger partial charge in [0.1, 0.15) is 0 Å². The number of rotatable bonds is 2. The molecule has 0 aliphatic carbocycles. The maximum atomic E-state index is 11.3. The van der Waals surface area contributed by atoms with E-state index in [-0.39, 0.29) is 11.8 Å². The van der Waals surface area contributed by atoms with Gasteiger partial charge in [0, 0.05) is 24.9 Å². The van der Waals surface area contributed by atoms with Crippen LogP contribution in [0.25, 0.3) is 0 Å². The molecule has 0 radical (unpaired) electrons. The number of amides is 1. The van der Waals surface area contributed by atoms with Gasteiger partial charge in [0.2, 0.25) is 5.91 Å². The molecule has 0 saturated heterocycles. The zero-order valence-electron chi connectivity index (χ0n) is 8.59. The molecule has 3 nitrogen and oxygen atoms in total. The third-order valence-electron chi connectivity index (χ3n) is 2.05. The largest absolute Gasteiger partial charge is 0.353 e. The Morgan fingerprint density at radius 1 is 1.54 bits per heavy atom. The molecule has 1 N–H and O–H groups in total. The van der Waals surface area contributed by atoms with Crippen molar-refractivity contribution in [2.24, 2.45) is 13.0 Å². The number of nitrogens with one attached hydrogen (secondary N) is 1. The van der Waals surface area contributed by atoms with Gasteiger partial charge in [0.25, 0.3) is 0 Å². The van der Waals surface area contributed by atoms with Crippen molar-refractivity contribution in [1.29, 1.82) is 0 Å². The standard InChI is InChI=1S/C10H16N2O/c1-7(2)10(13)11-9-5-8(3)12(4)6-9/h5-7H,1-4H3,(H,11,13). The molecule has 1 aromatic heterocycles. The highest BCUT2D eigenvalue weighted by molar-refractivity contribution is 5.92. The Kier molecular flexibility index (Phi) is 2.76. The van der Waals surface area contributed by atoms with E-state index in [9.17, 15) is 4.79 Å². The second-order valence-electron chi connectivity index (χ2n) is 3.63. The van der Waals surface area contributed by atoms with Crippen LogP contribution in [-0.2, 0) is 11.8 Å². The highest BCUT2D eigenvalue weighted by Gasteiger charge is 2.07. The second-order valence-corrected chi connectivity index (χ2v) is 3.63. The Bertz CT molecular complexity index is 293. The van der Waals surface area contributed by atoms with Crippen molar-refractivity contribution in [3.8, 4) is 0 Å². The number of anilines is 1. The number of hydrogen-bond acceptors (Lipinski definition) is 1.